The van der Waals surface area contributed by atoms with Crippen molar-refractivity contribution in [3.63, 3.8) is 0 Å². The largest absolute Gasteiger partial charge is 0.379 e. The van der Waals surface area contributed by atoms with Gasteiger partial charge in [-0.05, 0) is 45.2 Å². The number of aryl methyl sites for hydroxylation is 2. The second-order valence-corrected chi connectivity index (χ2v) is 5.56. The van der Waals surface area contributed by atoms with Crippen LogP contribution in [0.15, 0.2) is 23.2 Å². The van der Waals surface area contributed by atoms with Crippen LogP contribution < -0.4 is 10.6 Å². The van der Waals surface area contributed by atoms with Crippen molar-refractivity contribution in [3.05, 3.63) is 34.9 Å². The fourth-order valence-corrected chi connectivity index (χ4v) is 2.04. The first-order valence-corrected chi connectivity index (χ1v) is 7.65. The van der Waals surface area contributed by atoms with Crippen molar-refractivity contribution in [2.24, 2.45) is 4.99 Å². The van der Waals surface area contributed by atoms with E-state index >= 15 is 0 Å². The number of hydrogen-bond donors (Lipinski definition) is 2. The zero-order valence-electron chi connectivity index (χ0n) is 14.0. The molecule has 0 heterocycles. The second kappa shape index (κ2) is 9.40. The minimum Gasteiger partial charge on any atom is -0.379 e. The molecule has 0 saturated carbocycles. The molecule has 21 heavy (non-hydrogen) atoms. The summed E-state index contributed by atoms with van der Waals surface area (Å²) in [5.41, 5.74) is 3.90. The van der Waals surface area contributed by atoms with E-state index in [1.807, 2.05) is 0 Å². The summed E-state index contributed by atoms with van der Waals surface area (Å²) in [6, 6.07) is 6.52. The predicted octanol–water partition coefficient (Wildman–Crippen LogP) is 2.78. The minimum absolute atomic E-state index is 0.298. The van der Waals surface area contributed by atoms with Gasteiger partial charge in [0.25, 0.3) is 0 Å². The van der Waals surface area contributed by atoms with Gasteiger partial charge in [0.05, 0.1) is 6.10 Å². The Bertz CT molecular complexity index is 455. The van der Waals surface area contributed by atoms with E-state index in [2.05, 4.69) is 61.5 Å². The molecule has 0 aliphatic heterocycles. The van der Waals surface area contributed by atoms with Crippen molar-refractivity contribution in [2.45, 2.75) is 46.8 Å². The van der Waals surface area contributed by atoms with Crippen LogP contribution in [0.5, 0.6) is 0 Å². The molecule has 0 amide bonds. The van der Waals surface area contributed by atoms with Gasteiger partial charge < -0.3 is 15.4 Å². The fourth-order valence-electron chi connectivity index (χ4n) is 2.04. The van der Waals surface area contributed by atoms with Crippen molar-refractivity contribution in [1.29, 1.82) is 0 Å². The molecule has 4 nitrogen and oxygen atoms in total. The van der Waals surface area contributed by atoms with Crippen LogP contribution in [-0.4, -0.2) is 32.3 Å². The SMILES string of the molecule is CN=C(NCCCOC(C)C)NCc1ccc(C)cc1C. The summed E-state index contributed by atoms with van der Waals surface area (Å²) in [5.74, 6) is 0.833. The third kappa shape index (κ3) is 7.14. The van der Waals surface area contributed by atoms with E-state index in [0.29, 0.717) is 6.10 Å². The van der Waals surface area contributed by atoms with Crippen LogP contribution in [-0.2, 0) is 11.3 Å². The van der Waals surface area contributed by atoms with Crippen molar-refractivity contribution >= 4 is 5.96 Å². The van der Waals surface area contributed by atoms with Gasteiger partial charge in [-0.1, -0.05) is 23.8 Å². The molecule has 0 spiro atoms. The molecule has 1 aromatic carbocycles. The highest BCUT2D eigenvalue weighted by Gasteiger charge is 2.01. The molecule has 1 aromatic rings. The van der Waals surface area contributed by atoms with Gasteiger partial charge in [0.1, 0.15) is 0 Å². The maximum Gasteiger partial charge on any atom is 0.191 e. The Kier molecular flexibility index (Phi) is 7.83. The number of nitrogens with one attached hydrogen (secondary N) is 2. The average Bonchev–Trinajstić information content (AvgIpc) is 2.43. The smallest absolute Gasteiger partial charge is 0.191 e. The molecular weight excluding hydrogens is 262 g/mol. The average molecular weight is 291 g/mol. The monoisotopic (exact) mass is 291 g/mol. The van der Waals surface area contributed by atoms with Crippen molar-refractivity contribution < 1.29 is 4.74 Å². The van der Waals surface area contributed by atoms with Crippen LogP contribution in [0.4, 0.5) is 0 Å². The Morgan fingerprint density at radius 1 is 1.24 bits per heavy atom. The lowest BCUT2D eigenvalue weighted by atomic mass is 10.1. The summed E-state index contributed by atoms with van der Waals surface area (Å²) < 4.78 is 5.51. The van der Waals surface area contributed by atoms with Gasteiger partial charge in [0.2, 0.25) is 0 Å². The number of hydrogen-bond acceptors (Lipinski definition) is 2. The lowest BCUT2D eigenvalue weighted by Gasteiger charge is -2.14. The van der Waals surface area contributed by atoms with E-state index in [4.69, 9.17) is 4.74 Å². The Morgan fingerprint density at radius 3 is 2.62 bits per heavy atom. The number of benzene rings is 1. The van der Waals surface area contributed by atoms with Crippen molar-refractivity contribution in [2.75, 3.05) is 20.2 Å². The molecule has 2 N–H and O–H groups in total. The molecule has 0 bridgehead atoms. The van der Waals surface area contributed by atoms with Crippen LogP contribution in [0.25, 0.3) is 0 Å². The summed E-state index contributed by atoms with van der Waals surface area (Å²) in [4.78, 5) is 4.24. The third-order valence-electron chi connectivity index (χ3n) is 3.23. The van der Waals surface area contributed by atoms with Crippen LogP contribution >= 0.6 is 0 Å². The molecular formula is C17H29N3O. The van der Waals surface area contributed by atoms with Gasteiger partial charge in [0.15, 0.2) is 5.96 Å². The van der Waals surface area contributed by atoms with Gasteiger partial charge in [0, 0.05) is 26.7 Å². The summed E-state index contributed by atoms with van der Waals surface area (Å²) in [7, 11) is 1.79. The standard InChI is InChI=1S/C17H29N3O/c1-13(2)21-10-6-9-19-17(18-5)20-12-16-8-7-14(3)11-15(16)4/h7-8,11,13H,6,9-10,12H2,1-5H3,(H2,18,19,20). The molecule has 0 atom stereocenters. The molecule has 0 aromatic heterocycles. The highest BCUT2D eigenvalue weighted by atomic mass is 16.5. The molecule has 0 fully saturated rings. The van der Waals surface area contributed by atoms with Crippen LogP contribution in [0.1, 0.15) is 37.0 Å². The Morgan fingerprint density at radius 2 is 2.00 bits per heavy atom. The summed E-state index contributed by atoms with van der Waals surface area (Å²) >= 11 is 0. The zero-order chi connectivity index (χ0) is 15.7. The van der Waals surface area contributed by atoms with Gasteiger partial charge in [-0.25, -0.2) is 0 Å². The molecule has 4 heteroatoms. The maximum absolute atomic E-state index is 5.51. The van der Waals surface area contributed by atoms with Crippen LogP contribution in [0.3, 0.4) is 0 Å². The quantitative estimate of drug-likeness (QED) is 0.461. The molecule has 1 rings (SSSR count). The van der Waals surface area contributed by atoms with E-state index in [1.165, 1.54) is 16.7 Å². The molecule has 0 saturated heterocycles. The molecule has 0 aliphatic rings. The maximum atomic E-state index is 5.51. The molecule has 118 valence electrons. The first kappa shape index (κ1) is 17.5. The predicted molar refractivity (Wildman–Crippen MR) is 89.8 cm³/mol. The number of aliphatic imine (C=N–C) groups is 1. The lowest BCUT2D eigenvalue weighted by Crippen LogP contribution is -2.37. The lowest BCUT2D eigenvalue weighted by molar-refractivity contribution is 0.0776. The number of ether oxygens (including phenoxy) is 1. The molecule has 0 unspecified atom stereocenters. The second-order valence-electron chi connectivity index (χ2n) is 5.56. The number of nitrogens with zero attached hydrogens (tertiary/aromatic N) is 1. The summed E-state index contributed by atoms with van der Waals surface area (Å²) in [5, 5.41) is 6.65. The Labute approximate surface area is 129 Å². The highest BCUT2D eigenvalue weighted by molar-refractivity contribution is 5.79. The van der Waals surface area contributed by atoms with Gasteiger partial charge in [-0.3, -0.25) is 4.99 Å². The normalized spacial score (nSPS) is 11.8. The third-order valence-corrected chi connectivity index (χ3v) is 3.23. The minimum atomic E-state index is 0.298. The molecule has 0 radical (unpaired) electrons. The summed E-state index contributed by atoms with van der Waals surface area (Å²) in [6.45, 7) is 10.8. The first-order chi connectivity index (χ1) is 10.0. The van der Waals surface area contributed by atoms with E-state index in [9.17, 15) is 0 Å². The topological polar surface area (TPSA) is 45.7 Å². The van der Waals surface area contributed by atoms with E-state index < -0.39 is 0 Å². The first-order valence-electron chi connectivity index (χ1n) is 7.65. The van der Waals surface area contributed by atoms with Gasteiger partial charge in [-0.15, -0.1) is 0 Å². The van der Waals surface area contributed by atoms with Crippen LogP contribution in [0, 0.1) is 13.8 Å². The van der Waals surface area contributed by atoms with Crippen molar-refractivity contribution in [1.82, 2.24) is 10.6 Å². The molecule has 0 aliphatic carbocycles. The highest BCUT2D eigenvalue weighted by Crippen LogP contribution is 2.09. The Balaban J connectivity index is 2.31. The van der Waals surface area contributed by atoms with Crippen molar-refractivity contribution in [3.8, 4) is 0 Å². The number of rotatable bonds is 7. The van der Waals surface area contributed by atoms with E-state index in [0.717, 1.165) is 32.1 Å². The van der Waals surface area contributed by atoms with E-state index in [-0.39, 0.29) is 0 Å². The number of guanidine groups is 1. The van der Waals surface area contributed by atoms with Gasteiger partial charge in [-0.2, -0.15) is 0 Å². The van der Waals surface area contributed by atoms with Crippen LogP contribution in [0.2, 0.25) is 0 Å². The van der Waals surface area contributed by atoms with E-state index in [1.54, 1.807) is 7.05 Å². The zero-order valence-corrected chi connectivity index (χ0v) is 14.0. The fraction of sp³-hybridized carbons (Fsp3) is 0.588. The van der Waals surface area contributed by atoms with Gasteiger partial charge >= 0.3 is 0 Å². The summed E-state index contributed by atoms with van der Waals surface area (Å²) in [6.07, 6.45) is 1.27. The Hall–Kier alpha value is -1.55.